The minimum atomic E-state index is -4.54. The molecule has 0 unspecified atom stereocenters. The van der Waals surface area contributed by atoms with Crippen molar-refractivity contribution in [1.29, 1.82) is 0 Å². The van der Waals surface area contributed by atoms with Crippen molar-refractivity contribution in [2.45, 2.75) is 51.1 Å². The number of anilines is 1. The lowest BCUT2D eigenvalue weighted by Crippen LogP contribution is -2.50. The van der Waals surface area contributed by atoms with Crippen LogP contribution in [0.25, 0.3) is 0 Å². The van der Waals surface area contributed by atoms with Gasteiger partial charge in [0.15, 0.2) is 5.69 Å². The van der Waals surface area contributed by atoms with Gasteiger partial charge in [-0.15, -0.1) is 0 Å². The van der Waals surface area contributed by atoms with Gasteiger partial charge in [-0.1, -0.05) is 20.3 Å². The SMILES string of the molecule is CCC[C@H]1OC[C@H](Nc2cncc(C(F)(F)F)n2)[C@@H](C)[C@H]1O. The number of aromatic nitrogens is 2. The third-order valence-electron chi connectivity index (χ3n) is 3.88. The summed E-state index contributed by atoms with van der Waals surface area (Å²) in [6.07, 6.45) is -1.88. The Bertz CT molecular complexity index is 498. The van der Waals surface area contributed by atoms with Crippen LogP contribution < -0.4 is 5.32 Å². The second-order valence-electron chi connectivity index (χ2n) is 5.55. The topological polar surface area (TPSA) is 67.3 Å². The molecule has 2 N–H and O–H groups in total. The third kappa shape index (κ3) is 3.86. The zero-order chi connectivity index (χ0) is 16.3. The van der Waals surface area contributed by atoms with E-state index < -0.39 is 18.0 Å². The minimum absolute atomic E-state index is 0.0245. The van der Waals surface area contributed by atoms with Gasteiger partial charge in [0.25, 0.3) is 0 Å². The molecule has 0 saturated carbocycles. The molecule has 0 amide bonds. The molecule has 1 aliphatic rings. The van der Waals surface area contributed by atoms with Crippen LogP contribution in [0.1, 0.15) is 32.4 Å². The summed E-state index contributed by atoms with van der Waals surface area (Å²) in [4.78, 5) is 7.07. The molecule has 2 rings (SSSR count). The van der Waals surface area contributed by atoms with Crippen LogP contribution in [-0.4, -0.2) is 39.9 Å². The molecule has 0 bridgehead atoms. The van der Waals surface area contributed by atoms with E-state index in [4.69, 9.17) is 4.74 Å². The number of halogens is 3. The third-order valence-corrected chi connectivity index (χ3v) is 3.88. The van der Waals surface area contributed by atoms with Crippen LogP contribution in [-0.2, 0) is 10.9 Å². The Balaban J connectivity index is 2.05. The smallest absolute Gasteiger partial charge is 0.390 e. The molecule has 0 radical (unpaired) electrons. The molecular formula is C14H20F3N3O2. The summed E-state index contributed by atoms with van der Waals surface area (Å²) in [5.74, 6) is -0.141. The van der Waals surface area contributed by atoms with E-state index in [1.54, 1.807) is 0 Å². The molecule has 8 heteroatoms. The van der Waals surface area contributed by atoms with Crippen LogP contribution in [0.15, 0.2) is 12.4 Å². The number of hydrogen-bond donors (Lipinski definition) is 2. The zero-order valence-electron chi connectivity index (χ0n) is 12.5. The van der Waals surface area contributed by atoms with Crippen molar-refractivity contribution in [2.24, 2.45) is 5.92 Å². The minimum Gasteiger partial charge on any atom is -0.390 e. The Morgan fingerprint density at radius 1 is 1.41 bits per heavy atom. The predicted molar refractivity (Wildman–Crippen MR) is 74.3 cm³/mol. The monoisotopic (exact) mass is 319 g/mol. The predicted octanol–water partition coefficient (Wildman–Crippen LogP) is 2.47. The molecule has 5 nitrogen and oxygen atoms in total. The quantitative estimate of drug-likeness (QED) is 0.892. The molecule has 0 spiro atoms. The Kier molecular flexibility index (Phi) is 5.23. The van der Waals surface area contributed by atoms with Gasteiger partial charge < -0.3 is 15.2 Å². The number of hydrogen-bond acceptors (Lipinski definition) is 5. The molecular weight excluding hydrogens is 299 g/mol. The lowest BCUT2D eigenvalue weighted by molar-refractivity contribution is -0.141. The number of rotatable bonds is 4. The van der Waals surface area contributed by atoms with Crippen molar-refractivity contribution in [3.8, 4) is 0 Å². The molecule has 1 aromatic rings. The molecule has 124 valence electrons. The molecule has 22 heavy (non-hydrogen) atoms. The summed E-state index contributed by atoms with van der Waals surface area (Å²) in [5, 5.41) is 13.1. The molecule has 1 aromatic heterocycles. The largest absolute Gasteiger partial charge is 0.434 e. The maximum Gasteiger partial charge on any atom is 0.434 e. The molecule has 1 fully saturated rings. The highest BCUT2D eigenvalue weighted by Crippen LogP contribution is 2.29. The average Bonchev–Trinajstić information content (AvgIpc) is 2.46. The maximum absolute atomic E-state index is 12.6. The van der Waals surface area contributed by atoms with E-state index in [9.17, 15) is 18.3 Å². The van der Waals surface area contributed by atoms with Gasteiger partial charge in [-0.3, -0.25) is 4.98 Å². The highest BCUT2D eigenvalue weighted by Gasteiger charge is 2.37. The van der Waals surface area contributed by atoms with Crippen LogP contribution in [0.2, 0.25) is 0 Å². The number of aliphatic hydroxyl groups is 1. The first-order valence-corrected chi connectivity index (χ1v) is 7.28. The molecule has 0 aliphatic carbocycles. The van der Waals surface area contributed by atoms with Crippen molar-refractivity contribution >= 4 is 5.82 Å². The lowest BCUT2D eigenvalue weighted by atomic mass is 9.88. The van der Waals surface area contributed by atoms with Crippen LogP contribution in [0.4, 0.5) is 19.0 Å². The molecule has 4 atom stereocenters. The fraction of sp³-hybridized carbons (Fsp3) is 0.714. The van der Waals surface area contributed by atoms with Gasteiger partial charge >= 0.3 is 6.18 Å². The number of nitrogens with zero attached hydrogens (tertiary/aromatic N) is 2. The second-order valence-corrected chi connectivity index (χ2v) is 5.55. The zero-order valence-corrected chi connectivity index (χ0v) is 12.5. The van der Waals surface area contributed by atoms with Gasteiger partial charge in [0, 0.05) is 5.92 Å². The van der Waals surface area contributed by atoms with Gasteiger partial charge in [0.05, 0.1) is 37.3 Å². The van der Waals surface area contributed by atoms with E-state index in [1.807, 2.05) is 13.8 Å². The van der Waals surface area contributed by atoms with Gasteiger partial charge in [0.2, 0.25) is 0 Å². The van der Waals surface area contributed by atoms with Gasteiger partial charge in [-0.2, -0.15) is 13.2 Å². The van der Waals surface area contributed by atoms with Crippen molar-refractivity contribution in [3.05, 3.63) is 18.1 Å². The van der Waals surface area contributed by atoms with Crippen molar-refractivity contribution in [1.82, 2.24) is 9.97 Å². The van der Waals surface area contributed by atoms with E-state index >= 15 is 0 Å². The standard InChI is InChI=1S/C14H20F3N3O2/c1-3-4-10-13(21)8(2)9(7-22-10)19-12-6-18-5-11(20-12)14(15,16)17/h5-6,8-10,13,21H,3-4,7H2,1-2H3,(H,19,20)/t8-,9+,10-,13-/m1/s1. The number of nitrogens with one attached hydrogen (secondary N) is 1. The Morgan fingerprint density at radius 3 is 2.77 bits per heavy atom. The number of alkyl halides is 3. The highest BCUT2D eigenvalue weighted by molar-refractivity contribution is 5.34. The van der Waals surface area contributed by atoms with Crippen molar-refractivity contribution in [2.75, 3.05) is 11.9 Å². The Morgan fingerprint density at radius 2 is 2.14 bits per heavy atom. The molecule has 1 saturated heterocycles. The summed E-state index contributed by atoms with van der Waals surface area (Å²) >= 11 is 0. The first-order valence-electron chi connectivity index (χ1n) is 7.28. The summed E-state index contributed by atoms with van der Waals surface area (Å²) < 4.78 is 43.5. The van der Waals surface area contributed by atoms with Crippen LogP contribution in [0, 0.1) is 5.92 Å². The summed E-state index contributed by atoms with van der Waals surface area (Å²) in [6.45, 7) is 4.15. The number of aliphatic hydroxyl groups excluding tert-OH is 1. The van der Waals surface area contributed by atoms with Crippen LogP contribution in [0.3, 0.4) is 0 Å². The maximum atomic E-state index is 12.6. The summed E-state index contributed by atoms with van der Waals surface area (Å²) in [7, 11) is 0. The van der Waals surface area contributed by atoms with E-state index in [1.165, 1.54) is 6.20 Å². The Labute approximate surface area is 126 Å². The first kappa shape index (κ1) is 17.0. The van der Waals surface area contributed by atoms with Crippen LogP contribution in [0.5, 0.6) is 0 Å². The normalized spacial score (nSPS) is 29.4. The Hall–Kier alpha value is -1.41. The lowest BCUT2D eigenvalue weighted by Gasteiger charge is -2.39. The summed E-state index contributed by atoms with van der Waals surface area (Å²) in [6, 6.07) is -0.319. The second kappa shape index (κ2) is 6.78. The van der Waals surface area contributed by atoms with Crippen molar-refractivity contribution < 1.29 is 23.0 Å². The highest BCUT2D eigenvalue weighted by atomic mass is 19.4. The van der Waals surface area contributed by atoms with E-state index in [-0.39, 0.29) is 23.9 Å². The van der Waals surface area contributed by atoms with Gasteiger partial charge in [-0.05, 0) is 6.42 Å². The molecule has 1 aliphatic heterocycles. The van der Waals surface area contributed by atoms with Crippen molar-refractivity contribution in [3.63, 3.8) is 0 Å². The first-order chi connectivity index (χ1) is 10.3. The number of ether oxygens (including phenoxy) is 1. The molecule has 2 heterocycles. The average molecular weight is 319 g/mol. The molecule has 0 aromatic carbocycles. The fourth-order valence-corrected chi connectivity index (χ4v) is 2.53. The fourth-order valence-electron chi connectivity index (χ4n) is 2.53. The van der Waals surface area contributed by atoms with Gasteiger partial charge in [-0.25, -0.2) is 4.98 Å². The van der Waals surface area contributed by atoms with E-state index in [0.717, 1.165) is 12.8 Å². The van der Waals surface area contributed by atoms with E-state index in [2.05, 4.69) is 15.3 Å². The van der Waals surface area contributed by atoms with E-state index in [0.29, 0.717) is 12.8 Å². The van der Waals surface area contributed by atoms with Gasteiger partial charge in [0.1, 0.15) is 5.82 Å². The summed E-state index contributed by atoms with van der Waals surface area (Å²) in [5.41, 5.74) is -1.05. The van der Waals surface area contributed by atoms with Crippen LogP contribution >= 0.6 is 0 Å².